The van der Waals surface area contributed by atoms with Crippen LogP contribution in [0, 0.1) is 0 Å². The summed E-state index contributed by atoms with van der Waals surface area (Å²) in [6.45, 7) is 3.92. The molecule has 0 spiro atoms. The maximum absolute atomic E-state index is 13.4. The molecule has 2 fully saturated rings. The van der Waals surface area contributed by atoms with Crippen LogP contribution in [0.1, 0.15) is 13.3 Å². The Hall–Kier alpha value is -3.44. The van der Waals surface area contributed by atoms with Crippen molar-refractivity contribution in [3.8, 4) is 0 Å². The molecule has 10 nitrogen and oxygen atoms in total. The van der Waals surface area contributed by atoms with Gasteiger partial charge in [-0.1, -0.05) is 18.2 Å². The first-order valence-electron chi connectivity index (χ1n) is 11.5. The van der Waals surface area contributed by atoms with Crippen LogP contribution in [0.5, 0.6) is 0 Å². The van der Waals surface area contributed by atoms with E-state index in [9.17, 15) is 22.8 Å². The molecule has 11 heteroatoms. The summed E-state index contributed by atoms with van der Waals surface area (Å²) in [6.07, 6.45) is -0.222. The molecule has 4 rings (SSSR count). The standard InChI is InChI=1S/C24H29N5O5S/c1-18(30)26-19-7-9-21(10-8-19)35(33,34)29-12-11-25-24(32)22(29)17-23(31)28-15-13-27(14-16-28)20-5-3-2-4-6-20/h2-10,22H,11-17H2,1H3,(H,25,32)(H,26,30)/t22-/m0/s1. The highest BCUT2D eigenvalue weighted by Gasteiger charge is 2.40. The predicted octanol–water partition coefficient (Wildman–Crippen LogP) is 0.873. The molecule has 2 N–H and O–H groups in total. The van der Waals surface area contributed by atoms with Crippen LogP contribution in [-0.4, -0.2) is 80.7 Å². The number of nitrogens with zero attached hydrogens (tertiary/aromatic N) is 3. The van der Waals surface area contributed by atoms with E-state index >= 15 is 0 Å². The number of amides is 3. The number of carbonyl (C=O) groups excluding carboxylic acids is 3. The molecule has 3 amide bonds. The van der Waals surface area contributed by atoms with Gasteiger partial charge in [-0.05, 0) is 36.4 Å². The monoisotopic (exact) mass is 499 g/mol. The number of nitrogens with one attached hydrogen (secondary N) is 2. The van der Waals surface area contributed by atoms with Crippen LogP contribution in [-0.2, 0) is 24.4 Å². The van der Waals surface area contributed by atoms with Crippen molar-refractivity contribution >= 4 is 39.1 Å². The lowest BCUT2D eigenvalue weighted by Crippen LogP contribution is -2.59. The smallest absolute Gasteiger partial charge is 0.243 e. The first-order chi connectivity index (χ1) is 16.8. The van der Waals surface area contributed by atoms with Crippen LogP contribution < -0.4 is 15.5 Å². The summed E-state index contributed by atoms with van der Waals surface area (Å²) in [4.78, 5) is 40.8. The highest BCUT2D eigenvalue weighted by atomic mass is 32.2. The molecule has 186 valence electrons. The summed E-state index contributed by atoms with van der Waals surface area (Å²) in [5.41, 5.74) is 1.56. The second kappa shape index (κ2) is 10.4. The van der Waals surface area contributed by atoms with Crippen LogP contribution >= 0.6 is 0 Å². The quantitative estimate of drug-likeness (QED) is 0.609. The first-order valence-corrected chi connectivity index (χ1v) is 12.9. The van der Waals surface area contributed by atoms with E-state index in [-0.39, 0.29) is 36.2 Å². The van der Waals surface area contributed by atoms with Gasteiger partial charge in [-0.2, -0.15) is 4.31 Å². The number of hydrogen-bond acceptors (Lipinski definition) is 6. The van der Waals surface area contributed by atoms with E-state index in [4.69, 9.17) is 0 Å². The van der Waals surface area contributed by atoms with Gasteiger partial charge >= 0.3 is 0 Å². The number of piperazine rings is 2. The van der Waals surface area contributed by atoms with Gasteiger partial charge < -0.3 is 20.4 Å². The Morgan fingerprint density at radius 1 is 0.971 bits per heavy atom. The van der Waals surface area contributed by atoms with Crippen molar-refractivity contribution in [2.75, 3.05) is 49.5 Å². The lowest BCUT2D eigenvalue weighted by Gasteiger charge is -2.38. The maximum atomic E-state index is 13.4. The fourth-order valence-electron chi connectivity index (χ4n) is 4.37. The zero-order valence-electron chi connectivity index (χ0n) is 19.5. The number of hydrogen-bond donors (Lipinski definition) is 2. The van der Waals surface area contributed by atoms with Crippen molar-refractivity contribution in [2.24, 2.45) is 0 Å². The zero-order valence-corrected chi connectivity index (χ0v) is 20.3. The molecule has 0 saturated carbocycles. The average molecular weight is 500 g/mol. The third-order valence-corrected chi connectivity index (χ3v) is 8.11. The average Bonchev–Trinajstić information content (AvgIpc) is 2.85. The van der Waals surface area contributed by atoms with Crippen LogP contribution in [0.4, 0.5) is 11.4 Å². The molecule has 2 aromatic rings. The lowest BCUT2D eigenvalue weighted by atomic mass is 10.1. The molecule has 0 bridgehead atoms. The second-order valence-electron chi connectivity index (χ2n) is 8.54. The van der Waals surface area contributed by atoms with Crippen LogP contribution in [0.3, 0.4) is 0 Å². The van der Waals surface area contributed by atoms with E-state index in [1.807, 2.05) is 30.3 Å². The molecular formula is C24H29N5O5S. The second-order valence-corrected chi connectivity index (χ2v) is 10.4. The summed E-state index contributed by atoms with van der Waals surface area (Å²) in [7, 11) is -4.03. The Bertz CT molecular complexity index is 1180. The third-order valence-electron chi connectivity index (χ3n) is 6.18. The van der Waals surface area contributed by atoms with Gasteiger partial charge in [0.1, 0.15) is 6.04 Å². The fourth-order valence-corrected chi connectivity index (χ4v) is 5.96. The third kappa shape index (κ3) is 5.63. The first kappa shape index (κ1) is 24.7. The number of sulfonamides is 1. The van der Waals surface area contributed by atoms with Gasteiger partial charge in [-0.25, -0.2) is 8.42 Å². The zero-order chi connectivity index (χ0) is 25.0. The summed E-state index contributed by atoms with van der Waals surface area (Å²) < 4.78 is 27.8. The molecule has 0 unspecified atom stereocenters. The predicted molar refractivity (Wildman–Crippen MR) is 131 cm³/mol. The van der Waals surface area contributed by atoms with Crippen LogP contribution in [0.15, 0.2) is 59.5 Å². The molecule has 2 saturated heterocycles. The molecule has 1 atom stereocenters. The molecule has 0 aromatic heterocycles. The lowest BCUT2D eigenvalue weighted by molar-refractivity contribution is -0.137. The molecule has 2 aromatic carbocycles. The largest absolute Gasteiger partial charge is 0.368 e. The Balaban J connectivity index is 1.44. The van der Waals surface area contributed by atoms with Gasteiger partial charge in [0.15, 0.2) is 0 Å². The number of carbonyl (C=O) groups is 3. The van der Waals surface area contributed by atoms with Gasteiger partial charge in [-0.3, -0.25) is 14.4 Å². The summed E-state index contributed by atoms with van der Waals surface area (Å²) >= 11 is 0. The number of benzene rings is 2. The highest BCUT2D eigenvalue weighted by Crippen LogP contribution is 2.24. The summed E-state index contributed by atoms with van der Waals surface area (Å²) in [5, 5.41) is 5.27. The van der Waals surface area contributed by atoms with Gasteiger partial charge in [0, 0.05) is 57.6 Å². The molecule has 35 heavy (non-hydrogen) atoms. The molecule has 2 aliphatic heterocycles. The van der Waals surface area contributed by atoms with E-state index in [0.29, 0.717) is 31.9 Å². The normalized spacial score (nSPS) is 19.2. The van der Waals surface area contributed by atoms with Crippen LogP contribution in [0.25, 0.3) is 0 Å². The van der Waals surface area contributed by atoms with Crippen molar-refractivity contribution in [1.29, 1.82) is 0 Å². The van der Waals surface area contributed by atoms with Crippen molar-refractivity contribution in [3.05, 3.63) is 54.6 Å². The number of para-hydroxylation sites is 1. The Morgan fingerprint density at radius 2 is 1.63 bits per heavy atom. The minimum absolute atomic E-state index is 0.00442. The van der Waals surface area contributed by atoms with Gasteiger partial charge in [0.05, 0.1) is 11.3 Å². The fraction of sp³-hybridized carbons (Fsp3) is 0.375. The highest BCUT2D eigenvalue weighted by molar-refractivity contribution is 7.89. The van der Waals surface area contributed by atoms with Crippen molar-refractivity contribution < 1.29 is 22.8 Å². The van der Waals surface area contributed by atoms with Gasteiger partial charge in [-0.15, -0.1) is 0 Å². The van der Waals surface area contributed by atoms with Crippen molar-refractivity contribution in [1.82, 2.24) is 14.5 Å². The van der Waals surface area contributed by atoms with E-state index in [0.717, 1.165) is 9.99 Å². The van der Waals surface area contributed by atoms with Crippen LogP contribution in [0.2, 0.25) is 0 Å². The Labute approximate surface area is 204 Å². The Kier molecular flexibility index (Phi) is 7.37. The summed E-state index contributed by atoms with van der Waals surface area (Å²) in [6, 6.07) is 14.6. The molecule has 0 aliphatic carbocycles. The van der Waals surface area contributed by atoms with Crippen molar-refractivity contribution in [2.45, 2.75) is 24.3 Å². The molecular weight excluding hydrogens is 470 g/mol. The van der Waals surface area contributed by atoms with E-state index in [2.05, 4.69) is 15.5 Å². The van der Waals surface area contributed by atoms with Crippen molar-refractivity contribution in [3.63, 3.8) is 0 Å². The number of rotatable bonds is 6. The van der Waals surface area contributed by atoms with E-state index < -0.39 is 22.0 Å². The Morgan fingerprint density at radius 3 is 2.26 bits per heavy atom. The van der Waals surface area contributed by atoms with E-state index in [1.165, 1.54) is 31.2 Å². The SMILES string of the molecule is CC(=O)Nc1ccc(S(=O)(=O)N2CCNC(=O)[C@@H]2CC(=O)N2CCN(c3ccccc3)CC2)cc1. The maximum Gasteiger partial charge on any atom is 0.243 e. The number of anilines is 2. The molecule has 0 radical (unpaired) electrons. The minimum atomic E-state index is -4.03. The summed E-state index contributed by atoms with van der Waals surface area (Å²) in [5.74, 6) is -0.997. The molecule has 2 heterocycles. The minimum Gasteiger partial charge on any atom is -0.368 e. The van der Waals surface area contributed by atoms with E-state index in [1.54, 1.807) is 4.90 Å². The van der Waals surface area contributed by atoms with Gasteiger partial charge in [0.25, 0.3) is 0 Å². The van der Waals surface area contributed by atoms with Gasteiger partial charge in [0.2, 0.25) is 27.7 Å². The molecule has 2 aliphatic rings. The topological polar surface area (TPSA) is 119 Å².